The van der Waals surface area contributed by atoms with Crippen molar-refractivity contribution in [3.05, 3.63) is 203 Å². The van der Waals surface area contributed by atoms with Crippen LogP contribution >= 0.6 is 0 Å². The highest BCUT2D eigenvalue weighted by Crippen LogP contribution is 2.62. The molecule has 10 aromatic rings. The van der Waals surface area contributed by atoms with Crippen LogP contribution in [0.25, 0.3) is 54.6 Å². The van der Waals surface area contributed by atoms with Crippen LogP contribution in [0.15, 0.2) is 174 Å². The van der Waals surface area contributed by atoms with Gasteiger partial charge in [0.1, 0.15) is 11.2 Å². The van der Waals surface area contributed by atoms with Gasteiger partial charge in [0.25, 0.3) is 0 Å². The van der Waals surface area contributed by atoms with Crippen LogP contribution in [0.5, 0.6) is 0 Å². The van der Waals surface area contributed by atoms with Gasteiger partial charge in [-0.05, 0) is 149 Å². The third kappa shape index (κ3) is 7.79. The molecule has 72 heavy (non-hydrogen) atoms. The summed E-state index contributed by atoms with van der Waals surface area (Å²) in [6.07, 6.45) is 0. The zero-order valence-corrected chi connectivity index (χ0v) is 45.0. The Morgan fingerprint density at radius 2 is 0.736 bits per heavy atom. The van der Waals surface area contributed by atoms with Crippen molar-refractivity contribution in [2.24, 2.45) is 0 Å². The van der Waals surface area contributed by atoms with Crippen molar-refractivity contribution < 1.29 is 4.42 Å². The molecule has 0 unspecified atom stereocenters. The van der Waals surface area contributed by atoms with Crippen molar-refractivity contribution in [3.63, 3.8) is 0 Å². The van der Waals surface area contributed by atoms with E-state index in [2.05, 4.69) is 277 Å². The molecule has 1 aromatic heterocycles. The maximum atomic E-state index is 6.98. The molecular weight excluding hydrogens is 873 g/mol. The first-order valence-electron chi connectivity index (χ1n) is 26.0. The van der Waals surface area contributed by atoms with Gasteiger partial charge in [-0.1, -0.05) is 194 Å². The second-order valence-electron chi connectivity index (χ2n) is 25.1. The third-order valence-corrected chi connectivity index (χ3v) is 15.6. The van der Waals surface area contributed by atoms with E-state index in [0.29, 0.717) is 0 Å². The molecular formula is C69H70N2O. The molecule has 0 saturated carbocycles. The Balaban J connectivity index is 1.21. The average Bonchev–Trinajstić information content (AvgIpc) is 3.83. The summed E-state index contributed by atoms with van der Waals surface area (Å²) in [7, 11) is 0. The van der Waals surface area contributed by atoms with Crippen LogP contribution < -0.4 is 9.80 Å². The first-order chi connectivity index (χ1) is 34.0. The van der Waals surface area contributed by atoms with Crippen molar-refractivity contribution in [2.75, 3.05) is 9.80 Å². The lowest BCUT2D eigenvalue weighted by Gasteiger charge is -2.30. The average molecular weight is 943 g/mol. The van der Waals surface area contributed by atoms with Crippen molar-refractivity contribution >= 4 is 77.6 Å². The molecule has 1 heterocycles. The Kier molecular flexibility index (Phi) is 10.8. The maximum absolute atomic E-state index is 6.98. The van der Waals surface area contributed by atoms with Crippen molar-refractivity contribution in [3.8, 4) is 11.1 Å². The number of hydrogen-bond donors (Lipinski definition) is 0. The Morgan fingerprint density at radius 1 is 0.333 bits per heavy atom. The van der Waals surface area contributed by atoms with Crippen LogP contribution in [-0.2, 0) is 27.1 Å². The molecule has 362 valence electrons. The second-order valence-corrected chi connectivity index (χ2v) is 25.1. The molecule has 0 fully saturated rings. The highest BCUT2D eigenvalue weighted by Gasteiger charge is 2.44. The number of hydrogen-bond acceptors (Lipinski definition) is 3. The molecule has 0 aliphatic heterocycles. The lowest BCUT2D eigenvalue weighted by atomic mass is 9.78. The monoisotopic (exact) mass is 943 g/mol. The number of rotatable bonds is 6. The van der Waals surface area contributed by atoms with Crippen LogP contribution in [0.3, 0.4) is 0 Å². The lowest BCUT2D eigenvalue weighted by Crippen LogP contribution is -2.18. The number of fused-ring (bicyclic) bond motifs is 12. The summed E-state index contributed by atoms with van der Waals surface area (Å²) in [5.41, 5.74) is 18.7. The quantitative estimate of drug-likeness (QED) is 0.155. The molecule has 0 radical (unpaired) electrons. The number of anilines is 6. The predicted molar refractivity (Wildman–Crippen MR) is 310 cm³/mol. The molecule has 0 bridgehead atoms. The lowest BCUT2D eigenvalue weighted by molar-refractivity contribution is 0.590. The van der Waals surface area contributed by atoms with E-state index in [1.165, 1.54) is 71.4 Å². The summed E-state index contributed by atoms with van der Waals surface area (Å²) >= 11 is 0. The van der Waals surface area contributed by atoms with E-state index in [0.717, 1.165) is 50.7 Å². The Labute approximate surface area is 428 Å². The van der Waals surface area contributed by atoms with E-state index in [1.54, 1.807) is 0 Å². The van der Waals surface area contributed by atoms with Gasteiger partial charge in [-0.15, -0.1) is 0 Å². The second kappa shape index (κ2) is 16.5. The SMILES string of the molecule is CC(C)(C)c1ccc(N(c2ccc(C(C)(C)C)cc2)c2ccc3c4c(c5ccccc5c3c2)-c2c(N(c3ccc(C(C)(C)C)cc3)c3ccc(C(C)(C)C)cc3)cc3oc5ccccc5c3c2C4(C)C)cc1. The van der Waals surface area contributed by atoms with E-state index in [9.17, 15) is 0 Å². The van der Waals surface area contributed by atoms with Gasteiger partial charge in [-0.3, -0.25) is 0 Å². The number of benzene rings is 9. The van der Waals surface area contributed by atoms with Gasteiger partial charge < -0.3 is 14.2 Å². The molecule has 1 aliphatic rings. The molecule has 0 saturated heterocycles. The number of nitrogens with zero attached hydrogens (tertiary/aromatic N) is 2. The summed E-state index contributed by atoms with van der Waals surface area (Å²) < 4.78 is 6.98. The molecule has 3 nitrogen and oxygen atoms in total. The topological polar surface area (TPSA) is 19.6 Å². The third-order valence-electron chi connectivity index (χ3n) is 15.6. The molecule has 0 spiro atoms. The smallest absolute Gasteiger partial charge is 0.137 e. The highest BCUT2D eigenvalue weighted by molar-refractivity contribution is 6.24. The minimum Gasteiger partial charge on any atom is -0.456 e. The summed E-state index contributed by atoms with van der Waals surface area (Å²) in [4.78, 5) is 4.93. The molecule has 9 aromatic carbocycles. The molecule has 0 N–H and O–H groups in total. The first-order valence-corrected chi connectivity index (χ1v) is 26.0. The summed E-state index contributed by atoms with van der Waals surface area (Å²) in [5.74, 6) is 0. The van der Waals surface area contributed by atoms with Crippen molar-refractivity contribution in [1.82, 2.24) is 0 Å². The van der Waals surface area contributed by atoms with Gasteiger partial charge in [-0.25, -0.2) is 0 Å². The number of furan rings is 1. The Bertz CT molecular complexity index is 3590. The Hall–Kier alpha value is -7.10. The highest BCUT2D eigenvalue weighted by atomic mass is 16.3. The Morgan fingerprint density at radius 3 is 1.19 bits per heavy atom. The van der Waals surface area contributed by atoms with Crippen LogP contribution in [0, 0.1) is 0 Å². The van der Waals surface area contributed by atoms with Crippen LogP contribution in [0.4, 0.5) is 34.1 Å². The molecule has 1 aliphatic carbocycles. The molecule has 11 rings (SSSR count). The van der Waals surface area contributed by atoms with Gasteiger partial charge >= 0.3 is 0 Å². The van der Waals surface area contributed by atoms with Crippen molar-refractivity contribution in [2.45, 2.75) is 124 Å². The zero-order valence-electron chi connectivity index (χ0n) is 45.0. The van der Waals surface area contributed by atoms with Crippen LogP contribution in [0.2, 0.25) is 0 Å². The fraction of sp³-hybridized carbons (Fsp3) is 0.275. The van der Waals surface area contributed by atoms with E-state index in [4.69, 9.17) is 4.42 Å². The fourth-order valence-corrected chi connectivity index (χ4v) is 11.6. The standard InChI is InChI=1S/C69H70N2O/c1-65(2,3)43-23-31-47(32-24-43)70(48-33-25-44(26-34-48)66(4,5)6)51-39-40-54-56(41-51)52-19-15-16-20-53(52)61-62-57(42-59-60(64(62)69(13,14)63(54)61)55-21-17-18-22-58(55)72-59)71(49-35-27-45(28-36-49)67(7,8)9)50-37-29-46(30-38-50)68(10,11)12/h15-42H,1-14H3. The van der Waals surface area contributed by atoms with Gasteiger partial charge in [-0.2, -0.15) is 0 Å². The van der Waals surface area contributed by atoms with Crippen molar-refractivity contribution in [1.29, 1.82) is 0 Å². The maximum Gasteiger partial charge on any atom is 0.137 e. The summed E-state index contributed by atoms with van der Waals surface area (Å²) in [6, 6.07) is 64.2. The number of para-hydroxylation sites is 1. The van der Waals surface area contributed by atoms with E-state index < -0.39 is 5.41 Å². The largest absolute Gasteiger partial charge is 0.456 e. The minimum atomic E-state index is -0.432. The van der Waals surface area contributed by atoms with Gasteiger partial charge in [0.15, 0.2) is 0 Å². The van der Waals surface area contributed by atoms with E-state index >= 15 is 0 Å². The summed E-state index contributed by atoms with van der Waals surface area (Å²) in [5, 5.41) is 7.33. The fourth-order valence-electron chi connectivity index (χ4n) is 11.6. The predicted octanol–water partition coefficient (Wildman–Crippen LogP) is 20.3. The van der Waals surface area contributed by atoms with E-state index in [-0.39, 0.29) is 21.7 Å². The molecule has 0 amide bonds. The van der Waals surface area contributed by atoms with Crippen LogP contribution in [-0.4, -0.2) is 0 Å². The summed E-state index contributed by atoms with van der Waals surface area (Å²) in [6.45, 7) is 32.3. The first kappa shape index (κ1) is 47.2. The van der Waals surface area contributed by atoms with E-state index in [1.807, 2.05) is 0 Å². The molecule has 0 atom stereocenters. The zero-order chi connectivity index (χ0) is 50.9. The molecule has 3 heteroatoms. The van der Waals surface area contributed by atoms with Gasteiger partial charge in [0, 0.05) is 56.3 Å². The van der Waals surface area contributed by atoms with Gasteiger partial charge in [0.2, 0.25) is 0 Å². The van der Waals surface area contributed by atoms with Crippen LogP contribution in [0.1, 0.15) is 130 Å². The van der Waals surface area contributed by atoms with Gasteiger partial charge in [0.05, 0.1) is 5.69 Å². The normalized spacial score (nSPS) is 13.8. The minimum absolute atomic E-state index is 0.0136.